The van der Waals surface area contributed by atoms with Gasteiger partial charge in [-0.3, -0.25) is 9.59 Å². The quantitative estimate of drug-likeness (QED) is 0.568. The molecule has 2 aromatic rings. The van der Waals surface area contributed by atoms with Gasteiger partial charge in [-0.2, -0.15) is 4.73 Å². The fourth-order valence-electron chi connectivity index (χ4n) is 5.11. The van der Waals surface area contributed by atoms with E-state index < -0.39 is 5.56 Å². The van der Waals surface area contributed by atoms with Gasteiger partial charge in [0.15, 0.2) is 0 Å². The molecule has 0 saturated heterocycles. The summed E-state index contributed by atoms with van der Waals surface area (Å²) in [4.78, 5) is 30.3. The third-order valence-corrected chi connectivity index (χ3v) is 7.41. The molecule has 7 nitrogen and oxygen atoms in total. The number of hydrogen-bond donors (Lipinski definition) is 2. The first-order valence-corrected chi connectivity index (χ1v) is 12.4. The van der Waals surface area contributed by atoms with Crippen LogP contribution in [0.2, 0.25) is 5.02 Å². The number of rotatable bonds is 7. The summed E-state index contributed by atoms with van der Waals surface area (Å²) >= 11 is 6.48. The molecule has 1 fully saturated rings. The highest BCUT2D eigenvalue weighted by molar-refractivity contribution is 6.31. The zero-order chi connectivity index (χ0) is 25.2. The fraction of sp³-hybridized carbons (Fsp3) is 0.538. The molecule has 0 aliphatic heterocycles. The zero-order valence-corrected chi connectivity index (χ0v) is 21.9. The lowest BCUT2D eigenvalue weighted by Gasteiger charge is -2.40. The van der Waals surface area contributed by atoms with Gasteiger partial charge in [-0.15, -0.1) is 0 Å². The smallest absolute Gasteiger partial charge is 0.288 e. The summed E-state index contributed by atoms with van der Waals surface area (Å²) in [5.74, 6) is -0.294. The molecule has 186 valence electrons. The zero-order valence-electron chi connectivity index (χ0n) is 21.1. The number of nitrogens with one attached hydrogen (secondary N) is 1. The lowest BCUT2D eigenvalue weighted by Crippen LogP contribution is -2.42. The minimum Gasteiger partial charge on any atom is -0.425 e. The average molecular weight is 489 g/mol. The summed E-state index contributed by atoms with van der Waals surface area (Å²) in [6.45, 7) is 8.39. The van der Waals surface area contributed by atoms with Gasteiger partial charge in [0.05, 0.1) is 5.69 Å². The first-order chi connectivity index (χ1) is 16.0. The van der Waals surface area contributed by atoms with E-state index in [2.05, 4.69) is 36.1 Å². The number of amides is 1. The SMILES string of the molecule is CCN(c1cc(Cl)cc(C(=O)NCc2c(C)cc(C)n(O)c2=O)c1C)C1CCC(N(C)C)CC1. The Bertz CT molecular complexity index is 1100. The largest absolute Gasteiger partial charge is 0.425 e. The molecule has 0 radical (unpaired) electrons. The number of pyridine rings is 1. The van der Waals surface area contributed by atoms with Gasteiger partial charge in [0, 0.05) is 47.0 Å². The van der Waals surface area contributed by atoms with Gasteiger partial charge < -0.3 is 20.3 Å². The molecule has 0 bridgehead atoms. The van der Waals surface area contributed by atoms with Gasteiger partial charge >= 0.3 is 0 Å². The Kier molecular flexibility index (Phi) is 8.31. The summed E-state index contributed by atoms with van der Waals surface area (Å²) in [7, 11) is 4.28. The number of carbonyl (C=O) groups excluding carboxylic acids is 1. The normalized spacial score (nSPS) is 18.2. The van der Waals surface area contributed by atoms with Gasteiger partial charge in [0.25, 0.3) is 11.5 Å². The number of aryl methyl sites for hydroxylation is 2. The van der Waals surface area contributed by atoms with Crippen molar-refractivity contribution in [1.82, 2.24) is 14.9 Å². The van der Waals surface area contributed by atoms with Crippen LogP contribution in [0.25, 0.3) is 0 Å². The van der Waals surface area contributed by atoms with E-state index in [9.17, 15) is 14.8 Å². The van der Waals surface area contributed by atoms with E-state index in [1.165, 1.54) is 0 Å². The summed E-state index contributed by atoms with van der Waals surface area (Å²) in [5, 5.41) is 13.3. The fourth-order valence-corrected chi connectivity index (χ4v) is 5.32. The molecule has 1 aromatic heterocycles. The van der Waals surface area contributed by atoms with E-state index in [1.807, 2.05) is 13.0 Å². The molecule has 1 saturated carbocycles. The Labute approximate surface area is 207 Å². The topological polar surface area (TPSA) is 77.8 Å². The van der Waals surface area contributed by atoms with Crippen LogP contribution in [-0.4, -0.2) is 53.5 Å². The molecule has 2 N–H and O–H groups in total. The van der Waals surface area contributed by atoms with Crippen LogP contribution in [0, 0.1) is 20.8 Å². The van der Waals surface area contributed by atoms with Crippen LogP contribution in [0.15, 0.2) is 23.0 Å². The van der Waals surface area contributed by atoms with Crippen molar-refractivity contribution in [3.05, 3.63) is 61.5 Å². The minimum absolute atomic E-state index is 0.0255. The number of hydrogen-bond acceptors (Lipinski definition) is 5. The molecule has 8 heteroatoms. The van der Waals surface area contributed by atoms with Gasteiger partial charge in [-0.1, -0.05) is 11.6 Å². The summed E-state index contributed by atoms with van der Waals surface area (Å²) in [6, 6.07) is 6.37. The predicted octanol–water partition coefficient (Wildman–Crippen LogP) is 4.29. The maximum Gasteiger partial charge on any atom is 0.288 e. The van der Waals surface area contributed by atoms with Crippen molar-refractivity contribution in [2.24, 2.45) is 0 Å². The third-order valence-electron chi connectivity index (χ3n) is 7.19. The van der Waals surface area contributed by atoms with Gasteiger partial charge in [0.2, 0.25) is 0 Å². The maximum absolute atomic E-state index is 13.2. The molecule has 0 unspecified atom stereocenters. The molecule has 34 heavy (non-hydrogen) atoms. The number of halogens is 1. The van der Waals surface area contributed by atoms with Crippen molar-refractivity contribution >= 4 is 23.2 Å². The maximum atomic E-state index is 13.2. The Morgan fingerprint density at radius 1 is 1.12 bits per heavy atom. The van der Waals surface area contributed by atoms with Crippen molar-refractivity contribution in [2.45, 2.75) is 72.0 Å². The molecule has 3 rings (SSSR count). The molecule has 1 aromatic carbocycles. The van der Waals surface area contributed by atoms with E-state index in [1.54, 1.807) is 26.0 Å². The monoisotopic (exact) mass is 488 g/mol. The molecule has 1 aliphatic rings. The molecule has 1 heterocycles. The molecule has 0 atom stereocenters. The first kappa shape index (κ1) is 26.1. The highest BCUT2D eigenvalue weighted by Gasteiger charge is 2.28. The van der Waals surface area contributed by atoms with Crippen LogP contribution >= 0.6 is 11.6 Å². The second-order valence-electron chi connectivity index (χ2n) is 9.56. The predicted molar refractivity (Wildman–Crippen MR) is 137 cm³/mol. The van der Waals surface area contributed by atoms with Crippen molar-refractivity contribution in [3.8, 4) is 0 Å². The highest BCUT2D eigenvalue weighted by atomic mass is 35.5. The summed E-state index contributed by atoms with van der Waals surface area (Å²) in [6.07, 6.45) is 4.51. The van der Waals surface area contributed by atoms with Gasteiger partial charge in [0.1, 0.15) is 0 Å². The molecule has 1 aliphatic carbocycles. The molecular formula is C26H37ClN4O3. The number of benzene rings is 1. The van der Waals surface area contributed by atoms with Crippen LogP contribution in [0.4, 0.5) is 5.69 Å². The van der Waals surface area contributed by atoms with E-state index in [4.69, 9.17) is 11.6 Å². The Balaban J connectivity index is 1.83. The van der Waals surface area contributed by atoms with E-state index in [-0.39, 0.29) is 12.5 Å². The standard InChI is InChI=1S/C26H37ClN4O3/c1-7-30(21-10-8-20(9-11-21)29(5)6)24-14-19(27)13-22(18(24)4)25(32)28-15-23-16(2)12-17(3)31(34)26(23)33/h12-14,20-21,34H,7-11,15H2,1-6H3,(H,28,32). The Morgan fingerprint density at radius 2 is 1.74 bits per heavy atom. The van der Waals surface area contributed by atoms with E-state index in [0.29, 0.717) is 38.7 Å². The number of aromatic nitrogens is 1. The Hall–Kier alpha value is -2.51. The Morgan fingerprint density at radius 3 is 2.32 bits per heavy atom. The van der Waals surface area contributed by atoms with Crippen molar-refractivity contribution in [1.29, 1.82) is 0 Å². The lowest BCUT2D eigenvalue weighted by molar-refractivity contribution is 0.0949. The molecule has 1 amide bonds. The summed E-state index contributed by atoms with van der Waals surface area (Å²) < 4.78 is 0.612. The number of anilines is 1. The van der Waals surface area contributed by atoms with Gasteiger partial charge in [-0.05, 0) is 96.8 Å². The second-order valence-corrected chi connectivity index (χ2v) is 9.99. The summed E-state index contributed by atoms with van der Waals surface area (Å²) in [5.41, 5.74) is 3.36. The molecule has 0 spiro atoms. The lowest BCUT2D eigenvalue weighted by atomic mass is 9.89. The third kappa shape index (κ3) is 5.41. The van der Waals surface area contributed by atoms with Crippen LogP contribution in [0.5, 0.6) is 0 Å². The highest BCUT2D eigenvalue weighted by Crippen LogP contribution is 2.34. The number of carbonyl (C=O) groups is 1. The van der Waals surface area contributed by atoms with Crippen molar-refractivity contribution in [2.75, 3.05) is 25.5 Å². The van der Waals surface area contributed by atoms with Crippen molar-refractivity contribution < 1.29 is 10.0 Å². The van der Waals surface area contributed by atoms with Crippen LogP contribution in [-0.2, 0) is 6.54 Å². The second kappa shape index (κ2) is 10.8. The number of nitrogens with zero attached hydrogens (tertiary/aromatic N) is 3. The molecular weight excluding hydrogens is 452 g/mol. The average Bonchev–Trinajstić information content (AvgIpc) is 2.80. The van der Waals surface area contributed by atoms with Crippen LogP contribution in [0.1, 0.15) is 65.3 Å². The van der Waals surface area contributed by atoms with E-state index in [0.717, 1.165) is 49.0 Å². The van der Waals surface area contributed by atoms with Crippen LogP contribution < -0.4 is 15.8 Å². The van der Waals surface area contributed by atoms with Gasteiger partial charge in [-0.25, -0.2) is 0 Å². The first-order valence-electron chi connectivity index (χ1n) is 12.0. The van der Waals surface area contributed by atoms with E-state index >= 15 is 0 Å². The minimum atomic E-state index is -0.521. The van der Waals surface area contributed by atoms with Crippen LogP contribution in [0.3, 0.4) is 0 Å². The van der Waals surface area contributed by atoms with Crippen molar-refractivity contribution in [3.63, 3.8) is 0 Å².